The van der Waals surface area contributed by atoms with Crippen LogP contribution in [-0.2, 0) is 0 Å². The molecule has 0 bridgehead atoms. The molecule has 1 aliphatic rings. The summed E-state index contributed by atoms with van der Waals surface area (Å²) in [6, 6.07) is 0. The summed E-state index contributed by atoms with van der Waals surface area (Å²) in [6.07, 6.45) is 6.18. The van der Waals surface area contributed by atoms with Gasteiger partial charge in [-0.15, -0.1) is 0 Å². The highest BCUT2D eigenvalue weighted by atomic mass is 15.2. The van der Waals surface area contributed by atoms with Crippen LogP contribution in [0.15, 0.2) is 12.3 Å². The van der Waals surface area contributed by atoms with Crippen LogP contribution in [-0.4, -0.2) is 15.1 Å². The Balaban J connectivity index is 2.45. The lowest BCUT2D eigenvalue weighted by Gasteiger charge is -2.26. The van der Waals surface area contributed by atoms with Gasteiger partial charge < -0.3 is 5.32 Å². The van der Waals surface area contributed by atoms with E-state index in [-0.39, 0.29) is 5.54 Å². The first-order chi connectivity index (χ1) is 5.57. The van der Waals surface area contributed by atoms with Gasteiger partial charge in [0.25, 0.3) is 0 Å². The number of nitrogens with one attached hydrogen (secondary N) is 1. The Hall–Kier alpha value is -1.25. The molecule has 12 heavy (non-hydrogen) atoms. The molecule has 2 heterocycles. The molecule has 0 saturated heterocycles. The van der Waals surface area contributed by atoms with Crippen molar-refractivity contribution in [3.63, 3.8) is 0 Å². The monoisotopic (exact) mass is 163 g/mol. The molecule has 0 radical (unpaired) electrons. The summed E-state index contributed by atoms with van der Waals surface area (Å²) in [5.41, 5.74) is 1.06. The van der Waals surface area contributed by atoms with E-state index in [2.05, 4.69) is 30.2 Å². The van der Waals surface area contributed by atoms with Crippen molar-refractivity contribution in [2.75, 3.05) is 5.32 Å². The molecule has 0 atom stereocenters. The van der Waals surface area contributed by atoms with Crippen molar-refractivity contribution < 1.29 is 0 Å². The zero-order valence-electron chi connectivity index (χ0n) is 7.63. The van der Waals surface area contributed by atoms with Crippen LogP contribution in [0.4, 0.5) is 5.95 Å². The molecule has 1 aromatic heterocycles. The maximum Gasteiger partial charge on any atom is 0.207 e. The highest BCUT2D eigenvalue weighted by molar-refractivity contribution is 5.49. The van der Waals surface area contributed by atoms with Gasteiger partial charge in [-0.1, -0.05) is 0 Å². The third kappa shape index (κ3) is 1.11. The summed E-state index contributed by atoms with van der Waals surface area (Å²) >= 11 is 0. The number of nitrogens with zero attached hydrogens (tertiary/aromatic N) is 2. The molecule has 0 spiro atoms. The Morgan fingerprint density at radius 1 is 1.50 bits per heavy atom. The maximum atomic E-state index is 4.35. The molecule has 1 aliphatic heterocycles. The van der Waals surface area contributed by atoms with Crippen LogP contribution in [0.1, 0.15) is 19.5 Å². The third-order valence-electron chi connectivity index (χ3n) is 1.94. The first-order valence-corrected chi connectivity index (χ1v) is 4.10. The fourth-order valence-corrected chi connectivity index (χ4v) is 1.32. The molecule has 0 aliphatic carbocycles. The van der Waals surface area contributed by atoms with Gasteiger partial charge in [-0.2, -0.15) is 0 Å². The fourth-order valence-electron chi connectivity index (χ4n) is 1.32. The van der Waals surface area contributed by atoms with E-state index >= 15 is 0 Å². The molecule has 3 heteroatoms. The quantitative estimate of drug-likeness (QED) is 0.632. The smallest absolute Gasteiger partial charge is 0.207 e. The van der Waals surface area contributed by atoms with E-state index in [1.54, 1.807) is 0 Å². The van der Waals surface area contributed by atoms with Gasteiger partial charge in [-0.25, -0.2) is 4.98 Å². The second-order valence-corrected chi connectivity index (χ2v) is 3.78. The lowest BCUT2D eigenvalue weighted by atomic mass is 10.1. The lowest BCUT2D eigenvalue weighted by molar-refractivity contribution is 0.688. The molecule has 0 saturated carbocycles. The number of hydrogen-bond donors (Lipinski definition) is 1. The number of imidazole rings is 1. The van der Waals surface area contributed by atoms with E-state index in [4.69, 9.17) is 0 Å². The van der Waals surface area contributed by atoms with Crippen molar-refractivity contribution in [1.29, 1.82) is 0 Å². The predicted molar refractivity (Wildman–Crippen MR) is 50.0 cm³/mol. The molecule has 2 rings (SSSR count). The lowest BCUT2D eigenvalue weighted by Crippen LogP contribution is -2.31. The number of aryl methyl sites for hydroxylation is 1. The van der Waals surface area contributed by atoms with Crippen LogP contribution in [0.5, 0.6) is 0 Å². The van der Waals surface area contributed by atoms with E-state index in [0.717, 1.165) is 11.6 Å². The summed E-state index contributed by atoms with van der Waals surface area (Å²) in [5.74, 6) is 0.931. The van der Waals surface area contributed by atoms with Gasteiger partial charge in [-0.3, -0.25) is 4.57 Å². The number of rotatable bonds is 0. The maximum absolute atomic E-state index is 4.35. The highest BCUT2D eigenvalue weighted by Crippen LogP contribution is 2.21. The number of fused-ring (bicyclic) bond motifs is 1. The van der Waals surface area contributed by atoms with Crippen molar-refractivity contribution in [3.8, 4) is 0 Å². The van der Waals surface area contributed by atoms with Gasteiger partial charge in [0.2, 0.25) is 5.95 Å². The molecule has 1 aromatic rings. The largest absolute Gasteiger partial charge is 0.347 e. The fraction of sp³-hybridized carbons (Fsp3) is 0.444. The first kappa shape index (κ1) is 7.40. The van der Waals surface area contributed by atoms with Gasteiger partial charge in [0.1, 0.15) is 0 Å². The van der Waals surface area contributed by atoms with Crippen molar-refractivity contribution >= 4 is 12.1 Å². The Bertz CT molecular complexity index is 334. The minimum Gasteiger partial charge on any atom is -0.347 e. The van der Waals surface area contributed by atoms with Gasteiger partial charge in [-0.05, 0) is 26.8 Å². The molecule has 1 N–H and O–H groups in total. The van der Waals surface area contributed by atoms with Crippen molar-refractivity contribution in [3.05, 3.63) is 18.0 Å². The van der Waals surface area contributed by atoms with Crippen LogP contribution in [0, 0.1) is 6.92 Å². The summed E-state index contributed by atoms with van der Waals surface area (Å²) in [6.45, 7) is 6.24. The van der Waals surface area contributed by atoms with Crippen LogP contribution in [0.25, 0.3) is 6.20 Å². The second kappa shape index (κ2) is 2.12. The summed E-state index contributed by atoms with van der Waals surface area (Å²) in [4.78, 5) is 4.35. The van der Waals surface area contributed by atoms with E-state index in [1.165, 1.54) is 0 Å². The average molecular weight is 163 g/mol. The van der Waals surface area contributed by atoms with E-state index in [9.17, 15) is 0 Å². The number of hydrogen-bond acceptors (Lipinski definition) is 2. The molecule has 0 unspecified atom stereocenters. The van der Waals surface area contributed by atoms with Crippen molar-refractivity contribution in [2.45, 2.75) is 26.3 Å². The topological polar surface area (TPSA) is 29.9 Å². The average Bonchev–Trinajstić information content (AvgIpc) is 2.26. The highest BCUT2D eigenvalue weighted by Gasteiger charge is 2.19. The Morgan fingerprint density at radius 2 is 2.25 bits per heavy atom. The number of aromatic nitrogens is 2. The zero-order valence-corrected chi connectivity index (χ0v) is 7.63. The molecule has 0 fully saturated rings. The van der Waals surface area contributed by atoms with E-state index in [1.807, 2.05) is 23.9 Å². The Labute approximate surface area is 72.1 Å². The summed E-state index contributed by atoms with van der Waals surface area (Å²) in [7, 11) is 0. The minimum absolute atomic E-state index is 0.0216. The summed E-state index contributed by atoms with van der Waals surface area (Å²) < 4.78 is 2.00. The normalized spacial score (nSPS) is 18.6. The Kier molecular flexibility index (Phi) is 1.31. The molecule has 0 aromatic carbocycles. The minimum atomic E-state index is 0.0216. The van der Waals surface area contributed by atoms with E-state index < -0.39 is 0 Å². The summed E-state index contributed by atoms with van der Waals surface area (Å²) in [5, 5.41) is 3.32. The van der Waals surface area contributed by atoms with Gasteiger partial charge in [0, 0.05) is 12.4 Å². The van der Waals surface area contributed by atoms with E-state index in [0.29, 0.717) is 0 Å². The molecule has 3 nitrogen and oxygen atoms in total. The number of anilines is 1. The first-order valence-electron chi connectivity index (χ1n) is 4.10. The van der Waals surface area contributed by atoms with Crippen LogP contribution in [0.3, 0.4) is 0 Å². The standard InChI is InChI=1S/C9H13N3/c1-7-6-12-5-4-9(2,3)11-8(12)10-7/h4-6H,1-3H3,(H,10,11). The van der Waals surface area contributed by atoms with Crippen molar-refractivity contribution in [1.82, 2.24) is 9.55 Å². The van der Waals surface area contributed by atoms with Crippen molar-refractivity contribution in [2.24, 2.45) is 0 Å². The van der Waals surface area contributed by atoms with Gasteiger partial charge in [0.05, 0.1) is 11.2 Å². The molecular weight excluding hydrogens is 150 g/mol. The van der Waals surface area contributed by atoms with Gasteiger partial charge >= 0.3 is 0 Å². The molecule has 64 valence electrons. The third-order valence-corrected chi connectivity index (χ3v) is 1.94. The molecular formula is C9H13N3. The predicted octanol–water partition coefficient (Wildman–Crippen LogP) is 1.87. The van der Waals surface area contributed by atoms with Crippen LogP contribution in [0.2, 0.25) is 0 Å². The molecule has 0 amide bonds. The van der Waals surface area contributed by atoms with Crippen LogP contribution < -0.4 is 5.32 Å². The van der Waals surface area contributed by atoms with Crippen LogP contribution >= 0.6 is 0 Å². The van der Waals surface area contributed by atoms with Gasteiger partial charge in [0.15, 0.2) is 0 Å². The Morgan fingerprint density at radius 3 is 3.00 bits per heavy atom. The zero-order chi connectivity index (χ0) is 8.77. The SMILES string of the molecule is Cc1cn2c(n1)NC(C)(C)C=C2. The second-order valence-electron chi connectivity index (χ2n) is 3.78.